The fraction of sp³-hybridized carbons (Fsp3) is 0.917. The van der Waals surface area contributed by atoms with Crippen LogP contribution in [0.3, 0.4) is 0 Å². The molecule has 1 aliphatic carbocycles. The lowest BCUT2D eigenvalue weighted by Gasteiger charge is -2.30. The van der Waals surface area contributed by atoms with Crippen molar-refractivity contribution in [1.29, 1.82) is 0 Å². The fourth-order valence-corrected chi connectivity index (χ4v) is 2.76. The van der Waals surface area contributed by atoms with E-state index in [2.05, 4.69) is 10.6 Å². The van der Waals surface area contributed by atoms with Crippen LogP contribution in [0.15, 0.2) is 0 Å². The number of nitrogens with two attached hydrogens (primary N) is 1. The van der Waals surface area contributed by atoms with E-state index in [9.17, 15) is 4.79 Å². The molecule has 16 heavy (non-hydrogen) atoms. The molecule has 3 atom stereocenters. The minimum Gasteiger partial charge on any atom is -0.355 e. The molecule has 1 amide bonds. The van der Waals surface area contributed by atoms with Crippen LogP contribution >= 0.6 is 0 Å². The fourth-order valence-electron chi connectivity index (χ4n) is 2.76. The summed E-state index contributed by atoms with van der Waals surface area (Å²) in [5.41, 5.74) is 5.96. The zero-order chi connectivity index (χ0) is 11.4. The topological polar surface area (TPSA) is 67.2 Å². The molecule has 4 N–H and O–H groups in total. The van der Waals surface area contributed by atoms with Gasteiger partial charge in [-0.15, -0.1) is 0 Å². The largest absolute Gasteiger partial charge is 0.355 e. The van der Waals surface area contributed by atoms with Crippen molar-refractivity contribution in [2.24, 2.45) is 5.73 Å². The average Bonchev–Trinajstić information content (AvgIpc) is 2.45. The van der Waals surface area contributed by atoms with Gasteiger partial charge >= 0.3 is 0 Å². The Hall–Kier alpha value is -0.610. The number of rotatable bonds is 2. The third kappa shape index (κ3) is 3.19. The SMILES string of the molecule is NC1CCCC(NC2CCCCNC2=O)C1. The summed E-state index contributed by atoms with van der Waals surface area (Å²) >= 11 is 0. The molecular formula is C12H23N3O. The van der Waals surface area contributed by atoms with Crippen molar-refractivity contribution in [3.8, 4) is 0 Å². The van der Waals surface area contributed by atoms with Crippen molar-refractivity contribution in [2.75, 3.05) is 6.54 Å². The molecule has 0 aromatic carbocycles. The Kier molecular flexibility index (Phi) is 4.18. The van der Waals surface area contributed by atoms with Gasteiger partial charge in [0.15, 0.2) is 0 Å². The van der Waals surface area contributed by atoms with Crippen molar-refractivity contribution in [1.82, 2.24) is 10.6 Å². The zero-order valence-corrected chi connectivity index (χ0v) is 9.87. The Morgan fingerprint density at radius 3 is 2.88 bits per heavy atom. The molecule has 1 aliphatic heterocycles. The van der Waals surface area contributed by atoms with Gasteiger partial charge in [-0.2, -0.15) is 0 Å². The first-order chi connectivity index (χ1) is 7.75. The summed E-state index contributed by atoms with van der Waals surface area (Å²) in [4.78, 5) is 11.8. The summed E-state index contributed by atoms with van der Waals surface area (Å²) in [5, 5.41) is 6.45. The van der Waals surface area contributed by atoms with E-state index >= 15 is 0 Å². The molecular weight excluding hydrogens is 202 g/mol. The van der Waals surface area contributed by atoms with Crippen LogP contribution < -0.4 is 16.4 Å². The summed E-state index contributed by atoms with van der Waals surface area (Å²) in [6.45, 7) is 0.835. The highest BCUT2D eigenvalue weighted by molar-refractivity contribution is 5.81. The van der Waals surface area contributed by atoms with Crippen molar-refractivity contribution >= 4 is 5.91 Å². The molecule has 0 aromatic rings. The predicted octanol–water partition coefficient (Wildman–Crippen LogP) is 0.515. The first-order valence-corrected chi connectivity index (χ1v) is 6.55. The summed E-state index contributed by atoms with van der Waals surface area (Å²) in [6, 6.07) is 0.774. The van der Waals surface area contributed by atoms with Crippen LogP contribution in [-0.2, 0) is 4.79 Å². The van der Waals surface area contributed by atoms with Crippen LogP contribution in [0, 0.1) is 0 Å². The van der Waals surface area contributed by atoms with Crippen molar-refractivity contribution in [3.05, 3.63) is 0 Å². The Morgan fingerprint density at radius 2 is 2.06 bits per heavy atom. The van der Waals surface area contributed by atoms with Gasteiger partial charge in [0.25, 0.3) is 0 Å². The number of hydrogen-bond donors (Lipinski definition) is 3. The Morgan fingerprint density at radius 1 is 1.19 bits per heavy atom. The van der Waals surface area contributed by atoms with Crippen LogP contribution in [0.2, 0.25) is 0 Å². The second-order valence-electron chi connectivity index (χ2n) is 5.13. The molecule has 92 valence electrons. The number of carbonyl (C=O) groups is 1. The average molecular weight is 225 g/mol. The first kappa shape index (κ1) is 11.9. The van der Waals surface area contributed by atoms with E-state index in [-0.39, 0.29) is 11.9 Å². The highest BCUT2D eigenvalue weighted by Crippen LogP contribution is 2.18. The van der Waals surface area contributed by atoms with Crippen molar-refractivity contribution < 1.29 is 4.79 Å². The molecule has 2 aliphatic rings. The van der Waals surface area contributed by atoms with Gasteiger partial charge in [0.2, 0.25) is 5.91 Å². The van der Waals surface area contributed by atoms with E-state index in [1.165, 1.54) is 6.42 Å². The number of carbonyl (C=O) groups excluding carboxylic acids is 1. The van der Waals surface area contributed by atoms with Gasteiger partial charge in [0.05, 0.1) is 6.04 Å². The zero-order valence-electron chi connectivity index (χ0n) is 9.87. The van der Waals surface area contributed by atoms with E-state index < -0.39 is 0 Å². The minimum absolute atomic E-state index is 0.0119. The Bertz CT molecular complexity index is 244. The maximum absolute atomic E-state index is 11.8. The lowest BCUT2D eigenvalue weighted by atomic mass is 9.91. The first-order valence-electron chi connectivity index (χ1n) is 6.55. The van der Waals surface area contributed by atoms with Crippen LogP contribution in [0.5, 0.6) is 0 Å². The quantitative estimate of drug-likeness (QED) is 0.641. The number of nitrogens with one attached hydrogen (secondary N) is 2. The van der Waals surface area contributed by atoms with Gasteiger partial charge in [-0.05, 0) is 38.5 Å². The molecule has 4 nitrogen and oxygen atoms in total. The van der Waals surface area contributed by atoms with Crippen LogP contribution in [0.4, 0.5) is 0 Å². The van der Waals surface area contributed by atoms with Crippen molar-refractivity contribution in [3.63, 3.8) is 0 Å². The normalized spacial score (nSPS) is 36.6. The molecule has 3 unspecified atom stereocenters. The van der Waals surface area contributed by atoms with Gasteiger partial charge < -0.3 is 16.4 Å². The summed E-state index contributed by atoms with van der Waals surface area (Å²) in [6.07, 6.45) is 7.71. The second-order valence-corrected chi connectivity index (χ2v) is 5.13. The number of amides is 1. The second kappa shape index (κ2) is 5.64. The summed E-state index contributed by atoms with van der Waals surface area (Å²) in [5.74, 6) is 0.177. The smallest absolute Gasteiger partial charge is 0.237 e. The molecule has 1 heterocycles. The highest BCUT2D eigenvalue weighted by Gasteiger charge is 2.26. The van der Waals surface area contributed by atoms with Crippen LogP contribution in [0.25, 0.3) is 0 Å². The summed E-state index contributed by atoms with van der Waals surface area (Å²) < 4.78 is 0. The van der Waals surface area contributed by atoms with Gasteiger partial charge in [-0.25, -0.2) is 0 Å². The van der Waals surface area contributed by atoms with Gasteiger partial charge in [-0.1, -0.05) is 6.42 Å². The lowest BCUT2D eigenvalue weighted by molar-refractivity contribution is -0.123. The molecule has 1 saturated heterocycles. The van der Waals surface area contributed by atoms with E-state index in [1.54, 1.807) is 0 Å². The van der Waals surface area contributed by atoms with E-state index in [4.69, 9.17) is 5.73 Å². The van der Waals surface area contributed by atoms with Gasteiger partial charge in [0, 0.05) is 18.6 Å². The third-order valence-corrected chi connectivity index (χ3v) is 3.69. The molecule has 1 saturated carbocycles. The molecule has 4 heteroatoms. The molecule has 0 spiro atoms. The lowest BCUT2D eigenvalue weighted by Crippen LogP contribution is -2.50. The maximum atomic E-state index is 11.8. The van der Waals surface area contributed by atoms with Crippen LogP contribution in [-0.4, -0.2) is 30.6 Å². The molecule has 2 fully saturated rings. The maximum Gasteiger partial charge on any atom is 0.237 e. The predicted molar refractivity (Wildman–Crippen MR) is 64.0 cm³/mol. The monoisotopic (exact) mass is 225 g/mol. The molecule has 0 radical (unpaired) electrons. The molecule has 2 rings (SSSR count). The van der Waals surface area contributed by atoms with Gasteiger partial charge in [0.1, 0.15) is 0 Å². The van der Waals surface area contributed by atoms with Crippen LogP contribution in [0.1, 0.15) is 44.9 Å². The Balaban J connectivity index is 1.84. The summed E-state index contributed by atoms with van der Waals surface area (Å²) in [7, 11) is 0. The highest BCUT2D eigenvalue weighted by atomic mass is 16.2. The molecule has 0 aromatic heterocycles. The Labute approximate surface area is 97.3 Å². The van der Waals surface area contributed by atoms with Crippen molar-refractivity contribution in [2.45, 2.75) is 63.1 Å². The molecule has 0 bridgehead atoms. The number of hydrogen-bond acceptors (Lipinski definition) is 3. The third-order valence-electron chi connectivity index (χ3n) is 3.69. The van der Waals surface area contributed by atoms with E-state index in [0.717, 1.165) is 45.1 Å². The van der Waals surface area contributed by atoms with E-state index in [1.807, 2.05) is 0 Å². The van der Waals surface area contributed by atoms with Gasteiger partial charge in [-0.3, -0.25) is 4.79 Å². The standard InChI is InChI=1S/C12H23N3O/c13-9-4-3-5-10(8-9)15-11-6-1-2-7-14-12(11)16/h9-11,15H,1-8,13H2,(H,14,16). The van der Waals surface area contributed by atoms with E-state index in [0.29, 0.717) is 12.1 Å². The minimum atomic E-state index is 0.0119.